The molecule has 202 valence electrons. The van der Waals surface area contributed by atoms with E-state index >= 15 is 0 Å². The minimum atomic E-state index is -4.95. The topological polar surface area (TPSA) is 41.6 Å². The Labute approximate surface area is 209 Å². The van der Waals surface area contributed by atoms with E-state index in [0.29, 0.717) is 31.4 Å². The minimum absolute atomic E-state index is 0.0837. The molecular weight excluding hydrogens is 505 g/mol. The van der Waals surface area contributed by atoms with Gasteiger partial charge in [-0.2, -0.15) is 26.3 Å². The lowest BCUT2D eigenvalue weighted by atomic mass is 9.82. The summed E-state index contributed by atoms with van der Waals surface area (Å²) >= 11 is 0. The number of nitrogens with one attached hydrogen (secondary N) is 1. The summed E-state index contributed by atoms with van der Waals surface area (Å²) in [5.41, 5.74) is -2.31. The molecule has 1 aliphatic heterocycles. The van der Waals surface area contributed by atoms with Crippen molar-refractivity contribution in [3.8, 4) is 0 Å². The quantitative estimate of drug-likeness (QED) is 0.481. The van der Waals surface area contributed by atoms with E-state index in [1.165, 1.54) is 12.1 Å². The van der Waals surface area contributed by atoms with Crippen LogP contribution in [-0.4, -0.2) is 43.1 Å². The molecular formula is C26H27F7N2O2. The minimum Gasteiger partial charge on any atom is -0.373 e. The van der Waals surface area contributed by atoms with Gasteiger partial charge in [-0.1, -0.05) is 12.1 Å². The SMILES string of the molecule is CN(C)[C@@H]1C[C@H]([C@@H]2CC[C@H](OCc3cc(C(F)(F)F)cc(C(F)(F)F)c3)[C@H]2c2ccc(F)cc2)NC1=O. The molecule has 1 saturated carbocycles. The number of carbonyl (C=O) groups excluding carboxylic acids is 1. The number of alkyl halides is 6. The largest absolute Gasteiger partial charge is 0.416 e. The van der Waals surface area contributed by atoms with Crippen LogP contribution in [-0.2, 0) is 28.5 Å². The second-order valence-corrected chi connectivity index (χ2v) is 9.91. The van der Waals surface area contributed by atoms with E-state index in [1.54, 1.807) is 26.2 Å². The van der Waals surface area contributed by atoms with Crippen molar-refractivity contribution in [3.05, 3.63) is 70.5 Å². The highest BCUT2D eigenvalue weighted by molar-refractivity contribution is 5.84. The van der Waals surface area contributed by atoms with Crippen molar-refractivity contribution in [2.24, 2.45) is 5.92 Å². The number of hydrogen-bond acceptors (Lipinski definition) is 3. The number of halogens is 7. The van der Waals surface area contributed by atoms with Gasteiger partial charge in [-0.15, -0.1) is 0 Å². The molecule has 0 bridgehead atoms. The number of ether oxygens (including phenoxy) is 1. The number of benzene rings is 2. The molecule has 4 nitrogen and oxygen atoms in total. The van der Waals surface area contributed by atoms with Gasteiger partial charge in [-0.25, -0.2) is 4.39 Å². The molecule has 0 radical (unpaired) electrons. The van der Waals surface area contributed by atoms with Gasteiger partial charge in [0.1, 0.15) is 5.82 Å². The third kappa shape index (κ3) is 6.09. The van der Waals surface area contributed by atoms with Crippen LogP contribution in [0.4, 0.5) is 30.7 Å². The van der Waals surface area contributed by atoms with E-state index in [2.05, 4.69) is 5.32 Å². The maximum Gasteiger partial charge on any atom is 0.416 e. The Balaban J connectivity index is 1.59. The second kappa shape index (κ2) is 10.2. The highest BCUT2D eigenvalue weighted by Gasteiger charge is 2.47. The number of amides is 1. The molecule has 37 heavy (non-hydrogen) atoms. The van der Waals surface area contributed by atoms with Crippen LogP contribution in [0.5, 0.6) is 0 Å². The van der Waals surface area contributed by atoms with Crippen molar-refractivity contribution < 1.29 is 40.3 Å². The van der Waals surface area contributed by atoms with Crippen molar-refractivity contribution in [1.29, 1.82) is 0 Å². The fourth-order valence-corrected chi connectivity index (χ4v) is 5.50. The predicted molar refractivity (Wildman–Crippen MR) is 121 cm³/mol. The van der Waals surface area contributed by atoms with E-state index in [1.807, 2.05) is 4.90 Å². The molecule has 0 unspecified atom stereocenters. The van der Waals surface area contributed by atoms with Gasteiger partial charge in [0.15, 0.2) is 0 Å². The van der Waals surface area contributed by atoms with Crippen LogP contribution >= 0.6 is 0 Å². The van der Waals surface area contributed by atoms with Crippen molar-refractivity contribution >= 4 is 5.91 Å². The zero-order valence-electron chi connectivity index (χ0n) is 20.2. The number of nitrogens with zero attached hydrogens (tertiary/aromatic N) is 1. The Morgan fingerprint density at radius 3 is 2.05 bits per heavy atom. The van der Waals surface area contributed by atoms with Crippen LogP contribution in [0.2, 0.25) is 0 Å². The van der Waals surface area contributed by atoms with Crippen molar-refractivity contribution in [2.75, 3.05) is 14.1 Å². The highest BCUT2D eigenvalue weighted by atomic mass is 19.4. The van der Waals surface area contributed by atoms with Crippen LogP contribution in [0.3, 0.4) is 0 Å². The summed E-state index contributed by atoms with van der Waals surface area (Å²) in [5, 5.41) is 3.02. The number of carbonyl (C=O) groups is 1. The van der Waals surface area contributed by atoms with Crippen LogP contribution < -0.4 is 5.32 Å². The molecule has 4 rings (SSSR count). The smallest absolute Gasteiger partial charge is 0.373 e. The van der Waals surface area contributed by atoms with Gasteiger partial charge in [-0.05, 0) is 80.7 Å². The van der Waals surface area contributed by atoms with E-state index < -0.39 is 42.0 Å². The Kier molecular flexibility index (Phi) is 7.58. The molecule has 0 aromatic heterocycles. The summed E-state index contributed by atoms with van der Waals surface area (Å²) in [6.45, 7) is -0.459. The summed E-state index contributed by atoms with van der Waals surface area (Å²) in [4.78, 5) is 14.3. The predicted octanol–water partition coefficient (Wildman–Crippen LogP) is 5.76. The Hall–Kier alpha value is -2.66. The first-order valence-corrected chi connectivity index (χ1v) is 11.9. The molecule has 0 spiro atoms. The van der Waals surface area contributed by atoms with Gasteiger partial charge < -0.3 is 10.1 Å². The molecule has 11 heteroatoms. The Morgan fingerprint density at radius 2 is 1.54 bits per heavy atom. The van der Waals surface area contributed by atoms with Gasteiger partial charge in [0.2, 0.25) is 5.91 Å². The summed E-state index contributed by atoms with van der Waals surface area (Å²) in [6.07, 6.45) is -8.80. The standard InChI is InChI=1S/C26H27F7N2O2/c1-35(2)21-12-20(34-24(21)36)19-7-8-22(23(19)15-3-5-18(27)6-4-15)37-13-14-9-16(25(28,29)30)11-17(10-14)26(31,32)33/h3-6,9-11,19-23H,7-8,12-13H2,1-2H3,(H,34,36)/t19-,20+,21+,22-,23-/m0/s1. The molecule has 1 aliphatic carbocycles. The third-order valence-electron chi connectivity index (χ3n) is 7.26. The van der Waals surface area contributed by atoms with Crippen molar-refractivity contribution in [3.63, 3.8) is 0 Å². The fraction of sp³-hybridized carbons (Fsp3) is 0.500. The van der Waals surface area contributed by atoms with Gasteiger partial charge >= 0.3 is 12.4 Å². The molecule has 2 aliphatic rings. The first kappa shape index (κ1) is 27.4. The van der Waals surface area contributed by atoms with Crippen LogP contribution in [0.25, 0.3) is 0 Å². The normalized spacial score (nSPS) is 26.6. The van der Waals surface area contributed by atoms with Crippen LogP contribution in [0.15, 0.2) is 42.5 Å². The van der Waals surface area contributed by atoms with Gasteiger partial charge in [-0.3, -0.25) is 9.69 Å². The number of hydrogen-bond donors (Lipinski definition) is 1. The summed E-state index contributed by atoms with van der Waals surface area (Å²) in [6, 6.07) is 6.67. The first-order valence-electron chi connectivity index (χ1n) is 11.9. The zero-order chi connectivity index (χ0) is 27.1. The molecule has 1 amide bonds. The lowest BCUT2D eigenvalue weighted by Crippen LogP contribution is -2.37. The zero-order valence-corrected chi connectivity index (χ0v) is 20.2. The van der Waals surface area contributed by atoms with E-state index in [4.69, 9.17) is 4.74 Å². The van der Waals surface area contributed by atoms with E-state index in [-0.39, 0.29) is 41.5 Å². The molecule has 2 aromatic rings. The van der Waals surface area contributed by atoms with Gasteiger partial charge in [0, 0.05) is 12.0 Å². The maximum atomic E-state index is 13.6. The van der Waals surface area contributed by atoms with E-state index in [9.17, 15) is 35.5 Å². The van der Waals surface area contributed by atoms with Gasteiger partial charge in [0.25, 0.3) is 0 Å². The average molecular weight is 533 g/mol. The Bertz CT molecular complexity index is 1080. The number of rotatable bonds is 6. The maximum absolute atomic E-state index is 13.6. The monoisotopic (exact) mass is 532 g/mol. The highest BCUT2D eigenvalue weighted by Crippen LogP contribution is 2.46. The van der Waals surface area contributed by atoms with Crippen molar-refractivity contribution in [1.82, 2.24) is 10.2 Å². The molecule has 5 atom stereocenters. The summed E-state index contributed by atoms with van der Waals surface area (Å²) < 4.78 is 99.1. The molecule has 2 aromatic carbocycles. The lowest BCUT2D eigenvalue weighted by molar-refractivity contribution is -0.143. The van der Waals surface area contributed by atoms with Crippen molar-refractivity contribution in [2.45, 2.75) is 62.3 Å². The fourth-order valence-electron chi connectivity index (χ4n) is 5.50. The average Bonchev–Trinajstić information content (AvgIpc) is 3.40. The molecule has 1 N–H and O–H groups in total. The first-order chi connectivity index (χ1) is 17.2. The Morgan fingerprint density at radius 1 is 0.946 bits per heavy atom. The summed E-state index contributed by atoms with van der Waals surface area (Å²) in [7, 11) is 3.60. The molecule has 1 saturated heterocycles. The van der Waals surface area contributed by atoms with Crippen LogP contribution in [0, 0.1) is 11.7 Å². The van der Waals surface area contributed by atoms with Gasteiger partial charge in [0.05, 0.1) is 29.9 Å². The van der Waals surface area contributed by atoms with E-state index in [0.717, 1.165) is 5.56 Å². The summed E-state index contributed by atoms with van der Waals surface area (Å²) in [5.74, 6) is -0.988. The number of likely N-dealkylation sites (N-methyl/N-ethyl adjacent to an activating group) is 1. The molecule has 1 heterocycles. The molecule has 2 fully saturated rings. The van der Waals surface area contributed by atoms with Crippen LogP contribution in [0.1, 0.15) is 47.4 Å². The lowest BCUT2D eigenvalue weighted by Gasteiger charge is -2.30. The second-order valence-electron chi connectivity index (χ2n) is 9.91. The third-order valence-corrected chi connectivity index (χ3v) is 7.26.